The molecule has 0 aromatic carbocycles. The summed E-state index contributed by atoms with van der Waals surface area (Å²) in [6, 6.07) is 0. The van der Waals surface area contributed by atoms with Gasteiger partial charge in [0.25, 0.3) is 0 Å². The fourth-order valence-electron chi connectivity index (χ4n) is 3.39. The van der Waals surface area contributed by atoms with Crippen LogP contribution in [-0.4, -0.2) is 0 Å². The largest absolute Gasteiger partial charge is 3.00 e. The first kappa shape index (κ1) is 30.9. The molecule has 0 atom stereocenters. The molecule has 0 nitrogen and oxygen atoms in total. The van der Waals surface area contributed by atoms with E-state index in [2.05, 4.69) is 20.8 Å². The van der Waals surface area contributed by atoms with Crippen LogP contribution in [0.5, 0.6) is 0 Å². The van der Waals surface area contributed by atoms with Gasteiger partial charge in [0.15, 0.2) is 0 Å². The average Bonchev–Trinajstić information content (AvgIpc) is 3.05. The summed E-state index contributed by atoms with van der Waals surface area (Å²) in [7, 11) is 0. The number of hydrogen-bond acceptors (Lipinski definition) is 0. The molecule has 3 fully saturated rings. The second-order valence-electron chi connectivity index (χ2n) is 7.17. The predicted octanol–water partition coefficient (Wildman–Crippen LogP) is 7.94. The Morgan fingerprint density at radius 3 is 0.591 bits per heavy atom. The van der Waals surface area contributed by atoms with Crippen LogP contribution in [0.15, 0.2) is 0 Å². The van der Waals surface area contributed by atoms with E-state index in [0.29, 0.717) is 0 Å². The Morgan fingerprint density at radius 2 is 0.545 bits per heavy atom. The van der Waals surface area contributed by atoms with Crippen molar-refractivity contribution in [2.45, 2.75) is 97.8 Å². The van der Waals surface area contributed by atoms with E-state index in [1.54, 1.807) is 0 Å². The molecule has 1 heteroatoms. The van der Waals surface area contributed by atoms with Crippen molar-refractivity contribution in [2.75, 3.05) is 0 Å². The van der Waals surface area contributed by atoms with E-state index < -0.39 is 0 Å². The van der Waals surface area contributed by atoms with Crippen LogP contribution in [0.1, 0.15) is 97.8 Å². The average molecular weight is 386 g/mol. The van der Waals surface area contributed by atoms with E-state index in [4.69, 9.17) is 0 Å². The Hall–Kier alpha value is 1.10. The molecule has 0 amide bonds. The minimum absolute atomic E-state index is 0. The number of hydrogen-bond donors (Lipinski definition) is 0. The molecule has 0 unspecified atom stereocenters. The molecule has 0 bridgehead atoms. The molecule has 0 aromatic heterocycles. The van der Waals surface area contributed by atoms with Gasteiger partial charge in [-0.15, -0.1) is 0 Å². The molecule has 3 rings (SSSR count). The van der Waals surface area contributed by atoms with Gasteiger partial charge in [-0.3, -0.25) is 0 Å². The van der Waals surface area contributed by atoms with E-state index in [1.165, 1.54) is 77.0 Å². The normalized spacial score (nSPS) is 20.9. The van der Waals surface area contributed by atoms with Gasteiger partial charge in [0, 0.05) is 0 Å². The third kappa shape index (κ3) is 17.5. The molecule has 0 radical (unpaired) electrons. The van der Waals surface area contributed by atoms with Crippen LogP contribution in [0.25, 0.3) is 0 Å². The fourth-order valence-corrected chi connectivity index (χ4v) is 3.39. The van der Waals surface area contributed by atoms with Gasteiger partial charge in [-0.1, -0.05) is 97.8 Å². The van der Waals surface area contributed by atoms with E-state index in [1.807, 2.05) is 0 Å². The van der Waals surface area contributed by atoms with Crippen molar-refractivity contribution in [3.05, 3.63) is 22.3 Å². The smallest absolute Gasteiger partial charge is 0.358 e. The predicted molar refractivity (Wildman–Crippen MR) is 102 cm³/mol. The summed E-state index contributed by atoms with van der Waals surface area (Å²) in [6.45, 7) is 7.02. The van der Waals surface area contributed by atoms with Crippen LogP contribution in [0.2, 0.25) is 0 Å². The van der Waals surface area contributed by atoms with E-state index in [0.717, 1.165) is 17.8 Å². The summed E-state index contributed by atoms with van der Waals surface area (Å²) in [6.07, 6.45) is 17.8. The van der Waals surface area contributed by atoms with Gasteiger partial charge in [0.1, 0.15) is 0 Å². The summed E-state index contributed by atoms with van der Waals surface area (Å²) in [5, 5.41) is 0. The van der Waals surface area contributed by atoms with Crippen LogP contribution in [0.3, 0.4) is 0 Å². The maximum atomic E-state index is 2.34. The van der Waals surface area contributed by atoms with Crippen molar-refractivity contribution in [1.82, 2.24) is 0 Å². The molecule has 0 saturated heterocycles. The summed E-state index contributed by atoms with van der Waals surface area (Å²) >= 11 is 0. The van der Waals surface area contributed by atoms with Crippen molar-refractivity contribution >= 4 is 0 Å². The van der Waals surface area contributed by atoms with Crippen LogP contribution >= 0.6 is 0 Å². The molecule has 132 valence electrons. The summed E-state index contributed by atoms with van der Waals surface area (Å²) in [4.78, 5) is 0. The Balaban J connectivity index is -0.000000101. The maximum Gasteiger partial charge on any atom is 3.00 e. The van der Waals surface area contributed by atoms with Crippen molar-refractivity contribution < 1.29 is 32.7 Å². The zero-order valence-electron chi connectivity index (χ0n) is 16.8. The van der Waals surface area contributed by atoms with Crippen molar-refractivity contribution in [3.8, 4) is 0 Å². The third-order valence-electron chi connectivity index (χ3n) is 4.93. The monoisotopic (exact) mass is 386 g/mol. The second-order valence-corrected chi connectivity index (χ2v) is 7.17. The zero-order valence-corrected chi connectivity index (χ0v) is 19.6. The van der Waals surface area contributed by atoms with Gasteiger partial charge in [0.05, 0.1) is 0 Å². The first-order valence-electron chi connectivity index (χ1n) is 8.68. The van der Waals surface area contributed by atoms with Gasteiger partial charge >= 0.3 is 32.7 Å². The van der Waals surface area contributed by atoms with Gasteiger partial charge < -0.3 is 22.3 Å². The van der Waals surface area contributed by atoms with E-state index in [-0.39, 0.29) is 55.0 Å². The Labute approximate surface area is 169 Å². The van der Waals surface area contributed by atoms with Gasteiger partial charge in [-0.25, -0.2) is 0 Å². The molecule has 0 N–H and O–H groups in total. The van der Waals surface area contributed by atoms with Gasteiger partial charge in [-0.2, -0.15) is 0 Å². The third-order valence-corrected chi connectivity index (χ3v) is 4.93. The second kappa shape index (κ2) is 20.1. The summed E-state index contributed by atoms with van der Waals surface area (Å²) in [5.74, 6) is 3.14. The fraction of sp³-hybridized carbons (Fsp3) is 0.857. The van der Waals surface area contributed by atoms with Crippen molar-refractivity contribution in [2.24, 2.45) is 17.8 Å². The Kier molecular flexibility index (Phi) is 28.3. The Bertz CT molecular complexity index is 139. The first-order valence-corrected chi connectivity index (χ1v) is 8.68. The molecule has 3 saturated carbocycles. The summed E-state index contributed by atoms with van der Waals surface area (Å²) < 4.78 is 0. The minimum atomic E-state index is 0. The van der Waals surface area contributed by atoms with Crippen LogP contribution in [0.4, 0.5) is 0 Å². The molecule has 0 spiro atoms. The van der Waals surface area contributed by atoms with Gasteiger partial charge in [0.2, 0.25) is 0 Å². The number of rotatable bonds is 0. The van der Waals surface area contributed by atoms with Gasteiger partial charge in [-0.05, 0) is 17.8 Å². The minimum Gasteiger partial charge on any atom is -0.358 e. The molecule has 22 heavy (non-hydrogen) atoms. The zero-order chi connectivity index (χ0) is 13.2. The van der Waals surface area contributed by atoms with E-state index in [9.17, 15) is 0 Å². The molecule has 0 aromatic rings. The molecular weight excluding hydrogens is 341 g/mol. The molecule has 0 heterocycles. The first-order chi connectivity index (χ1) is 8.68. The topological polar surface area (TPSA) is 0 Å². The molecular formula is C21H45Y. The Morgan fingerprint density at radius 1 is 0.409 bits per heavy atom. The van der Waals surface area contributed by atoms with Crippen molar-refractivity contribution in [3.63, 3.8) is 0 Å². The van der Waals surface area contributed by atoms with E-state index >= 15 is 0 Å². The quantitative estimate of drug-likeness (QED) is 0.371. The molecule has 3 aliphatic carbocycles. The van der Waals surface area contributed by atoms with Crippen LogP contribution in [-0.2, 0) is 32.7 Å². The standard InChI is InChI=1S/3C6H12.3CH3.Y/c3*1-6-4-2-3-5-6;;;;/h3*6H,2-5H2,1H3;3*1H3;/q;;;3*-1;+3. The van der Waals surface area contributed by atoms with Crippen LogP contribution < -0.4 is 0 Å². The maximum absolute atomic E-state index is 2.34. The van der Waals surface area contributed by atoms with Crippen LogP contribution in [0, 0.1) is 40.0 Å². The molecule has 3 aliphatic rings. The van der Waals surface area contributed by atoms with Crippen molar-refractivity contribution in [1.29, 1.82) is 0 Å². The molecule has 0 aliphatic heterocycles. The SMILES string of the molecule is CC1CCCC1.CC1CCCC1.CC1CCCC1.[CH3-].[CH3-].[CH3-].[Y+3]. The summed E-state index contributed by atoms with van der Waals surface area (Å²) in [5.41, 5.74) is 0.